The summed E-state index contributed by atoms with van der Waals surface area (Å²) in [7, 11) is 0. The summed E-state index contributed by atoms with van der Waals surface area (Å²) in [5.74, 6) is 0.491. The smallest absolute Gasteiger partial charge is 0.146 e. The average Bonchev–Trinajstić information content (AvgIpc) is 2.62. The maximum absolute atomic E-state index is 5.45. The van der Waals surface area contributed by atoms with Gasteiger partial charge in [0.25, 0.3) is 0 Å². The van der Waals surface area contributed by atoms with Gasteiger partial charge in [0.2, 0.25) is 0 Å². The number of hydrogen-bond acceptors (Lipinski definition) is 4. The highest BCUT2D eigenvalue weighted by atomic mass is 15.2. The highest BCUT2D eigenvalue weighted by Crippen LogP contribution is 2.10. The fourth-order valence-electron chi connectivity index (χ4n) is 1.62. The van der Waals surface area contributed by atoms with Gasteiger partial charge in [0.15, 0.2) is 0 Å². The minimum absolute atomic E-state index is 0.491. The monoisotopic (exact) mass is 178 g/mol. The molecular formula is C9H14N4. The van der Waals surface area contributed by atoms with Crippen LogP contribution in [0.4, 0.5) is 5.82 Å². The van der Waals surface area contributed by atoms with Crippen LogP contribution in [0.25, 0.3) is 0 Å². The van der Waals surface area contributed by atoms with Crippen molar-refractivity contribution in [2.75, 3.05) is 18.8 Å². The molecule has 0 spiro atoms. The predicted octanol–water partition coefficient (Wildman–Crippen LogP) is 0.655. The highest BCUT2D eigenvalue weighted by molar-refractivity contribution is 5.25. The molecule has 0 amide bonds. The van der Waals surface area contributed by atoms with Gasteiger partial charge in [-0.25, -0.2) is 0 Å². The highest BCUT2D eigenvalue weighted by Gasteiger charge is 2.12. The Labute approximate surface area is 77.8 Å². The predicted molar refractivity (Wildman–Crippen MR) is 51.0 cm³/mol. The van der Waals surface area contributed by atoms with Crippen LogP contribution in [0.3, 0.4) is 0 Å². The van der Waals surface area contributed by atoms with E-state index < -0.39 is 0 Å². The van der Waals surface area contributed by atoms with Gasteiger partial charge in [-0.1, -0.05) is 0 Å². The van der Waals surface area contributed by atoms with Crippen LogP contribution in [-0.4, -0.2) is 28.2 Å². The summed E-state index contributed by atoms with van der Waals surface area (Å²) < 4.78 is 0. The van der Waals surface area contributed by atoms with Crippen molar-refractivity contribution < 1.29 is 0 Å². The minimum Gasteiger partial charge on any atom is -0.382 e. The Morgan fingerprint density at radius 1 is 1.23 bits per heavy atom. The summed E-state index contributed by atoms with van der Waals surface area (Å²) >= 11 is 0. The fourth-order valence-corrected chi connectivity index (χ4v) is 1.62. The Kier molecular flexibility index (Phi) is 2.40. The Morgan fingerprint density at radius 3 is 2.62 bits per heavy atom. The molecule has 70 valence electrons. The molecule has 13 heavy (non-hydrogen) atoms. The molecule has 0 saturated carbocycles. The molecule has 4 heteroatoms. The number of likely N-dealkylation sites (tertiary alicyclic amines) is 1. The first kappa shape index (κ1) is 8.44. The number of anilines is 1. The van der Waals surface area contributed by atoms with Gasteiger partial charge >= 0.3 is 0 Å². The maximum atomic E-state index is 5.45. The van der Waals surface area contributed by atoms with Crippen LogP contribution < -0.4 is 5.73 Å². The normalized spacial score (nSPS) is 17.8. The van der Waals surface area contributed by atoms with Gasteiger partial charge in [0.1, 0.15) is 5.82 Å². The summed E-state index contributed by atoms with van der Waals surface area (Å²) in [4.78, 5) is 2.39. The molecule has 1 aromatic rings. The third-order valence-corrected chi connectivity index (χ3v) is 2.32. The Morgan fingerprint density at radius 2 is 2.00 bits per heavy atom. The molecule has 0 unspecified atom stereocenters. The van der Waals surface area contributed by atoms with Crippen LogP contribution in [0, 0.1) is 0 Å². The Hall–Kier alpha value is -1.16. The number of nitrogen functional groups attached to an aromatic ring is 1. The molecule has 0 aromatic carbocycles. The molecule has 4 nitrogen and oxygen atoms in total. The minimum atomic E-state index is 0.491. The molecule has 1 saturated heterocycles. The quantitative estimate of drug-likeness (QED) is 0.722. The van der Waals surface area contributed by atoms with E-state index in [0.717, 1.165) is 12.2 Å². The fraction of sp³-hybridized carbons (Fsp3) is 0.556. The SMILES string of the molecule is Nc1ccc(CN2CCCC2)nn1. The standard InChI is InChI=1S/C9H14N4/c10-9-4-3-8(11-12-9)7-13-5-1-2-6-13/h3-4H,1-2,5-7H2,(H2,10,12). The molecule has 2 N–H and O–H groups in total. The summed E-state index contributed by atoms with van der Waals surface area (Å²) in [6, 6.07) is 3.75. The van der Waals surface area contributed by atoms with Gasteiger partial charge in [-0.05, 0) is 38.1 Å². The van der Waals surface area contributed by atoms with Crippen molar-refractivity contribution in [1.29, 1.82) is 0 Å². The molecule has 1 aromatic heterocycles. The van der Waals surface area contributed by atoms with E-state index in [4.69, 9.17) is 5.73 Å². The van der Waals surface area contributed by atoms with Gasteiger partial charge in [0, 0.05) is 6.54 Å². The largest absolute Gasteiger partial charge is 0.382 e. The lowest BCUT2D eigenvalue weighted by molar-refractivity contribution is 0.326. The van der Waals surface area contributed by atoms with Crippen molar-refractivity contribution in [3.63, 3.8) is 0 Å². The summed E-state index contributed by atoms with van der Waals surface area (Å²) in [6.45, 7) is 3.28. The summed E-state index contributed by atoms with van der Waals surface area (Å²) in [6.07, 6.45) is 2.62. The summed E-state index contributed by atoms with van der Waals surface area (Å²) in [5, 5.41) is 7.85. The molecule has 1 aliphatic heterocycles. The number of hydrogen-bond donors (Lipinski definition) is 1. The zero-order chi connectivity index (χ0) is 9.10. The third kappa shape index (κ3) is 2.15. The lowest BCUT2D eigenvalue weighted by Gasteiger charge is -2.12. The van der Waals surface area contributed by atoms with Crippen molar-refractivity contribution in [1.82, 2.24) is 15.1 Å². The zero-order valence-corrected chi connectivity index (χ0v) is 7.61. The van der Waals surface area contributed by atoms with E-state index in [1.54, 1.807) is 6.07 Å². The topological polar surface area (TPSA) is 55.0 Å². The van der Waals surface area contributed by atoms with Crippen LogP contribution in [0.2, 0.25) is 0 Å². The van der Waals surface area contributed by atoms with E-state index in [1.807, 2.05) is 6.07 Å². The van der Waals surface area contributed by atoms with Crippen LogP contribution in [0.1, 0.15) is 18.5 Å². The molecular weight excluding hydrogens is 164 g/mol. The molecule has 2 rings (SSSR count). The van der Waals surface area contributed by atoms with Crippen LogP contribution in [-0.2, 0) is 6.54 Å². The van der Waals surface area contributed by atoms with Crippen LogP contribution >= 0.6 is 0 Å². The molecule has 0 radical (unpaired) electrons. The molecule has 0 atom stereocenters. The van der Waals surface area contributed by atoms with E-state index in [0.29, 0.717) is 5.82 Å². The number of nitrogens with two attached hydrogens (primary N) is 1. The van der Waals surface area contributed by atoms with Crippen LogP contribution in [0.15, 0.2) is 12.1 Å². The van der Waals surface area contributed by atoms with E-state index in [2.05, 4.69) is 15.1 Å². The molecule has 1 fully saturated rings. The Balaban J connectivity index is 1.97. The van der Waals surface area contributed by atoms with E-state index in [-0.39, 0.29) is 0 Å². The van der Waals surface area contributed by atoms with Crippen molar-refractivity contribution in [2.24, 2.45) is 0 Å². The molecule has 0 bridgehead atoms. The van der Waals surface area contributed by atoms with Gasteiger partial charge in [-0.15, -0.1) is 5.10 Å². The van der Waals surface area contributed by atoms with Gasteiger partial charge < -0.3 is 5.73 Å². The Bertz CT molecular complexity index is 263. The second-order valence-corrected chi connectivity index (χ2v) is 3.43. The first-order valence-electron chi connectivity index (χ1n) is 4.65. The number of nitrogens with zero attached hydrogens (tertiary/aromatic N) is 3. The van der Waals surface area contributed by atoms with Crippen molar-refractivity contribution in [2.45, 2.75) is 19.4 Å². The number of aromatic nitrogens is 2. The van der Waals surface area contributed by atoms with E-state index in [1.165, 1.54) is 25.9 Å². The van der Waals surface area contributed by atoms with Gasteiger partial charge in [-0.2, -0.15) is 5.10 Å². The van der Waals surface area contributed by atoms with E-state index >= 15 is 0 Å². The zero-order valence-electron chi connectivity index (χ0n) is 7.61. The number of rotatable bonds is 2. The van der Waals surface area contributed by atoms with Crippen molar-refractivity contribution >= 4 is 5.82 Å². The summed E-state index contributed by atoms with van der Waals surface area (Å²) in [5.41, 5.74) is 6.46. The molecule has 0 aliphatic carbocycles. The van der Waals surface area contributed by atoms with Gasteiger partial charge in [0.05, 0.1) is 5.69 Å². The van der Waals surface area contributed by atoms with E-state index in [9.17, 15) is 0 Å². The lowest BCUT2D eigenvalue weighted by Crippen LogP contribution is -2.19. The van der Waals surface area contributed by atoms with Crippen LogP contribution in [0.5, 0.6) is 0 Å². The molecule has 2 heterocycles. The second-order valence-electron chi connectivity index (χ2n) is 3.43. The molecule has 1 aliphatic rings. The van der Waals surface area contributed by atoms with Crippen molar-refractivity contribution in [3.05, 3.63) is 17.8 Å². The second kappa shape index (κ2) is 3.70. The first-order valence-corrected chi connectivity index (χ1v) is 4.65. The van der Waals surface area contributed by atoms with Crippen molar-refractivity contribution in [3.8, 4) is 0 Å². The first-order chi connectivity index (χ1) is 6.34. The van der Waals surface area contributed by atoms with Gasteiger partial charge in [-0.3, -0.25) is 4.90 Å². The maximum Gasteiger partial charge on any atom is 0.146 e. The third-order valence-electron chi connectivity index (χ3n) is 2.32. The average molecular weight is 178 g/mol. The lowest BCUT2D eigenvalue weighted by atomic mass is 10.3.